The number of hydrazone groups is 1. The van der Waals surface area contributed by atoms with Crippen molar-refractivity contribution < 1.29 is 4.79 Å². The van der Waals surface area contributed by atoms with Gasteiger partial charge in [0.1, 0.15) is 6.07 Å². The number of nitriles is 1. The van der Waals surface area contributed by atoms with E-state index >= 15 is 0 Å². The number of hydrogen-bond donors (Lipinski definition) is 2. The monoisotopic (exact) mass is 264 g/mol. The SMILES string of the molecule is CCCc1c(Cl)cccc1NN=C(C#N)C(N)=O. The number of rotatable bonds is 5. The molecule has 0 aromatic heterocycles. The lowest BCUT2D eigenvalue weighted by molar-refractivity contribution is -0.111. The van der Waals surface area contributed by atoms with Gasteiger partial charge in [0.2, 0.25) is 5.71 Å². The summed E-state index contributed by atoms with van der Waals surface area (Å²) in [5.74, 6) is -0.871. The molecule has 94 valence electrons. The van der Waals surface area contributed by atoms with Crippen LogP contribution >= 0.6 is 11.6 Å². The third-order valence-electron chi connectivity index (χ3n) is 2.25. The molecule has 1 aromatic carbocycles. The smallest absolute Gasteiger partial charge is 0.280 e. The Morgan fingerprint density at radius 3 is 2.89 bits per heavy atom. The van der Waals surface area contributed by atoms with Crippen LogP contribution in [-0.4, -0.2) is 11.6 Å². The van der Waals surface area contributed by atoms with Crippen LogP contribution in [-0.2, 0) is 11.2 Å². The molecule has 0 heterocycles. The predicted molar refractivity (Wildman–Crippen MR) is 71.3 cm³/mol. The van der Waals surface area contributed by atoms with Gasteiger partial charge in [0.15, 0.2) is 0 Å². The highest BCUT2D eigenvalue weighted by Gasteiger charge is 2.08. The Bertz CT molecular complexity index is 519. The molecule has 1 amide bonds. The van der Waals surface area contributed by atoms with Crippen molar-refractivity contribution in [2.75, 3.05) is 5.43 Å². The third kappa shape index (κ3) is 3.47. The number of carbonyl (C=O) groups is 1. The molecule has 18 heavy (non-hydrogen) atoms. The average molecular weight is 265 g/mol. The molecule has 0 aliphatic heterocycles. The highest BCUT2D eigenvalue weighted by Crippen LogP contribution is 2.25. The van der Waals surface area contributed by atoms with Crippen LogP contribution in [0.4, 0.5) is 5.69 Å². The number of nitrogens with zero attached hydrogens (tertiary/aromatic N) is 2. The molecule has 0 spiro atoms. The maximum atomic E-state index is 10.8. The van der Waals surface area contributed by atoms with Crippen molar-refractivity contribution in [3.05, 3.63) is 28.8 Å². The number of amides is 1. The summed E-state index contributed by atoms with van der Waals surface area (Å²) in [6, 6.07) is 6.93. The fraction of sp³-hybridized carbons (Fsp3) is 0.250. The van der Waals surface area contributed by atoms with Crippen LogP contribution < -0.4 is 11.2 Å². The van der Waals surface area contributed by atoms with Crippen LogP contribution in [0.1, 0.15) is 18.9 Å². The van der Waals surface area contributed by atoms with Gasteiger partial charge in [-0.2, -0.15) is 10.4 Å². The van der Waals surface area contributed by atoms with E-state index in [1.54, 1.807) is 24.3 Å². The molecule has 0 radical (unpaired) electrons. The Balaban J connectivity index is 3.01. The summed E-state index contributed by atoms with van der Waals surface area (Å²) in [6.07, 6.45) is 1.69. The lowest BCUT2D eigenvalue weighted by Gasteiger charge is -2.09. The second-order valence-electron chi connectivity index (χ2n) is 3.56. The lowest BCUT2D eigenvalue weighted by Crippen LogP contribution is -2.22. The van der Waals surface area contributed by atoms with Crippen LogP contribution in [0.3, 0.4) is 0 Å². The minimum absolute atomic E-state index is 0.377. The summed E-state index contributed by atoms with van der Waals surface area (Å²) in [5, 5.41) is 12.9. The van der Waals surface area contributed by atoms with Crippen LogP contribution in [0.2, 0.25) is 5.02 Å². The molecule has 0 unspecified atom stereocenters. The fourth-order valence-corrected chi connectivity index (χ4v) is 1.69. The number of nitrogens with one attached hydrogen (secondary N) is 1. The summed E-state index contributed by atoms with van der Waals surface area (Å²) >= 11 is 6.07. The highest BCUT2D eigenvalue weighted by molar-refractivity contribution is 6.44. The van der Waals surface area contributed by atoms with Gasteiger partial charge in [-0.1, -0.05) is 31.0 Å². The Hall–Kier alpha value is -2.06. The first-order valence-electron chi connectivity index (χ1n) is 5.41. The second-order valence-corrected chi connectivity index (χ2v) is 3.97. The second kappa shape index (κ2) is 6.62. The largest absolute Gasteiger partial charge is 0.364 e. The van der Waals surface area contributed by atoms with E-state index in [-0.39, 0.29) is 5.71 Å². The number of benzene rings is 1. The van der Waals surface area contributed by atoms with E-state index in [1.807, 2.05) is 6.92 Å². The van der Waals surface area contributed by atoms with Gasteiger partial charge in [0.25, 0.3) is 5.91 Å². The standard InChI is InChI=1S/C12H13ClN4O/c1-2-4-8-9(13)5-3-6-10(8)16-17-11(7-14)12(15)18/h3,5-6,16H,2,4H2,1H3,(H2,15,18). The summed E-state index contributed by atoms with van der Waals surface area (Å²) in [6.45, 7) is 2.03. The van der Waals surface area contributed by atoms with Crippen LogP contribution in [0.25, 0.3) is 0 Å². The quantitative estimate of drug-likeness (QED) is 0.630. The topological polar surface area (TPSA) is 91.3 Å². The molecule has 0 aliphatic rings. The van der Waals surface area contributed by atoms with Gasteiger partial charge >= 0.3 is 0 Å². The molecular weight excluding hydrogens is 252 g/mol. The van der Waals surface area contributed by atoms with E-state index < -0.39 is 5.91 Å². The molecule has 0 fully saturated rings. The first kappa shape index (κ1) is 14.0. The van der Waals surface area contributed by atoms with E-state index in [0.29, 0.717) is 10.7 Å². The Labute approximate surface area is 110 Å². The van der Waals surface area contributed by atoms with Gasteiger partial charge in [0, 0.05) is 5.02 Å². The van der Waals surface area contributed by atoms with E-state index in [9.17, 15) is 4.79 Å². The molecule has 0 atom stereocenters. The van der Waals surface area contributed by atoms with Gasteiger partial charge in [-0.15, -0.1) is 0 Å². The van der Waals surface area contributed by atoms with Crippen molar-refractivity contribution in [2.24, 2.45) is 10.8 Å². The van der Waals surface area contributed by atoms with Gasteiger partial charge < -0.3 is 5.73 Å². The van der Waals surface area contributed by atoms with E-state index in [4.69, 9.17) is 22.6 Å². The number of nitrogens with two attached hydrogens (primary N) is 1. The van der Waals surface area contributed by atoms with Crippen molar-refractivity contribution in [3.63, 3.8) is 0 Å². The van der Waals surface area contributed by atoms with Crippen molar-refractivity contribution in [2.45, 2.75) is 19.8 Å². The molecule has 1 rings (SSSR count). The third-order valence-corrected chi connectivity index (χ3v) is 2.60. The average Bonchev–Trinajstić information content (AvgIpc) is 2.33. The number of halogens is 1. The molecule has 0 saturated carbocycles. The Kier molecular flexibility index (Phi) is 5.15. The number of primary amides is 1. The summed E-state index contributed by atoms with van der Waals surface area (Å²) in [7, 11) is 0. The Morgan fingerprint density at radius 2 is 2.33 bits per heavy atom. The number of anilines is 1. The van der Waals surface area contributed by atoms with Gasteiger partial charge in [-0.3, -0.25) is 10.2 Å². The van der Waals surface area contributed by atoms with E-state index in [1.165, 1.54) is 0 Å². The number of hydrogen-bond acceptors (Lipinski definition) is 4. The maximum Gasteiger partial charge on any atom is 0.280 e. The molecule has 1 aromatic rings. The fourth-order valence-electron chi connectivity index (χ4n) is 1.42. The van der Waals surface area contributed by atoms with Gasteiger partial charge in [-0.25, -0.2) is 0 Å². The van der Waals surface area contributed by atoms with Crippen molar-refractivity contribution in [1.82, 2.24) is 0 Å². The zero-order valence-corrected chi connectivity index (χ0v) is 10.7. The molecule has 0 bridgehead atoms. The maximum absolute atomic E-state index is 10.8. The molecule has 5 nitrogen and oxygen atoms in total. The normalized spacial score (nSPS) is 10.8. The zero-order valence-electron chi connectivity index (χ0n) is 9.90. The molecular formula is C12H13ClN4O. The van der Waals surface area contributed by atoms with Crippen LogP contribution in [0.15, 0.2) is 23.3 Å². The van der Waals surface area contributed by atoms with Crippen molar-refractivity contribution in [3.8, 4) is 6.07 Å². The minimum Gasteiger partial charge on any atom is -0.364 e. The first-order valence-corrected chi connectivity index (χ1v) is 5.79. The molecule has 6 heteroatoms. The summed E-state index contributed by atoms with van der Waals surface area (Å²) < 4.78 is 0. The van der Waals surface area contributed by atoms with Crippen molar-refractivity contribution >= 4 is 28.9 Å². The van der Waals surface area contributed by atoms with Crippen LogP contribution in [0, 0.1) is 11.3 Å². The molecule has 3 N–H and O–H groups in total. The van der Waals surface area contributed by atoms with Gasteiger partial charge in [0.05, 0.1) is 5.69 Å². The summed E-state index contributed by atoms with van der Waals surface area (Å²) in [4.78, 5) is 10.8. The van der Waals surface area contributed by atoms with Gasteiger partial charge in [-0.05, 0) is 24.1 Å². The first-order chi connectivity index (χ1) is 8.60. The zero-order chi connectivity index (χ0) is 13.5. The van der Waals surface area contributed by atoms with Crippen LogP contribution in [0.5, 0.6) is 0 Å². The molecule has 0 aliphatic carbocycles. The summed E-state index contributed by atoms with van der Waals surface area (Å²) in [5.41, 5.74) is 8.81. The highest BCUT2D eigenvalue weighted by atomic mass is 35.5. The Morgan fingerprint density at radius 1 is 1.61 bits per heavy atom. The number of carbonyl (C=O) groups excluding carboxylic acids is 1. The predicted octanol–water partition coefficient (Wildman–Crippen LogP) is 2.07. The minimum atomic E-state index is -0.871. The van der Waals surface area contributed by atoms with E-state index in [0.717, 1.165) is 18.4 Å². The molecule has 0 saturated heterocycles. The van der Waals surface area contributed by atoms with Crippen molar-refractivity contribution in [1.29, 1.82) is 5.26 Å². The lowest BCUT2D eigenvalue weighted by atomic mass is 10.1. The van der Waals surface area contributed by atoms with E-state index in [2.05, 4.69) is 10.5 Å².